The molecular formula is C13H17N5O. The van der Waals surface area contributed by atoms with Gasteiger partial charge in [-0.05, 0) is 31.5 Å². The summed E-state index contributed by atoms with van der Waals surface area (Å²) in [6, 6.07) is 3.77. The molecule has 0 saturated carbocycles. The first-order valence-electron chi connectivity index (χ1n) is 6.07. The van der Waals surface area contributed by atoms with Gasteiger partial charge < -0.3 is 15.6 Å². The van der Waals surface area contributed by atoms with Crippen LogP contribution in [0.4, 0.5) is 5.82 Å². The Bertz CT molecular complexity index is 570. The maximum Gasteiger partial charge on any atom is 0.276 e. The third-order valence-electron chi connectivity index (χ3n) is 2.59. The van der Waals surface area contributed by atoms with Crippen LogP contribution >= 0.6 is 0 Å². The van der Waals surface area contributed by atoms with Crippen molar-refractivity contribution in [2.24, 2.45) is 5.73 Å². The third-order valence-corrected chi connectivity index (χ3v) is 2.59. The van der Waals surface area contributed by atoms with Crippen molar-refractivity contribution in [1.82, 2.24) is 14.5 Å². The first kappa shape index (κ1) is 13.2. The van der Waals surface area contributed by atoms with E-state index in [1.54, 1.807) is 17.1 Å². The van der Waals surface area contributed by atoms with Crippen molar-refractivity contribution in [2.75, 3.05) is 11.9 Å². The summed E-state index contributed by atoms with van der Waals surface area (Å²) in [5.74, 6) is 0.268. The van der Waals surface area contributed by atoms with E-state index in [9.17, 15) is 4.79 Å². The molecule has 2 heterocycles. The van der Waals surface area contributed by atoms with Crippen molar-refractivity contribution in [1.29, 1.82) is 0 Å². The lowest BCUT2D eigenvalue weighted by molar-refractivity contribution is 0.102. The summed E-state index contributed by atoms with van der Waals surface area (Å²) in [6.45, 7) is 5.00. The first-order valence-corrected chi connectivity index (χ1v) is 6.07. The average molecular weight is 259 g/mol. The van der Waals surface area contributed by atoms with Crippen LogP contribution in [-0.2, 0) is 6.54 Å². The zero-order valence-corrected chi connectivity index (χ0v) is 11.1. The Labute approximate surface area is 111 Å². The maximum atomic E-state index is 12.0. The van der Waals surface area contributed by atoms with E-state index in [0.717, 1.165) is 11.3 Å². The highest BCUT2D eigenvalue weighted by Gasteiger charge is 2.10. The summed E-state index contributed by atoms with van der Waals surface area (Å²) < 4.78 is 1.78. The molecule has 6 heteroatoms. The Morgan fingerprint density at radius 3 is 2.89 bits per heavy atom. The van der Waals surface area contributed by atoms with Gasteiger partial charge in [-0.25, -0.2) is 9.97 Å². The first-order chi connectivity index (χ1) is 9.08. The van der Waals surface area contributed by atoms with Crippen molar-refractivity contribution in [3.8, 4) is 0 Å². The smallest absolute Gasteiger partial charge is 0.276 e. The predicted molar refractivity (Wildman–Crippen MR) is 72.9 cm³/mol. The normalized spacial score (nSPS) is 10.5. The summed E-state index contributed by atoms with van der Waals surface area (Å²) in [6.07, 6.45) is 3.27. The summed E-state index contributed by atoms with van der Waals surface area (Å²) in [7, 11) is 0. The van der Waals surface area contributed by atoms with Crippen molar-refractivity contribution in [3.63, 3.8) is 0 Å². The maximum absolute atomic E-state index is 12.0. The molecule has 0 aliphatic heterocycles. The molecule has 0 unspecified atom stereocenters. The molecule has 0 aliphatic carbocycles. The number of carbonyl (C=O) groups is 1. The number of rotatable bonds is 4. The molecule has 19 heavy (non-hydrogen) atoms. The van der Waals surface area contributed by atoms with Crippen LogP contribution in [0.15, 0.2) is 24.7 Å². The predicted octanol–water partition coefficient (Wildman–Crippen LogP) is 1.11. The van der Waals surface area contributed by atoms with Crippen molar-refractivity contribution < 1.29 is 4.79 Å². The Kier molecular flexibility index (Phi) is 3.91. The fourth-order valence-electron chi connectivity index (χ4n) is 1.83. The van der Waals surface area contributed by atoms with E-state index < -0.39 is 0 Å². The van der Waals surface area contributed by atoms with Crippen LogP contribution in [0.25, 0.3) is 0 Å². The molecule has 0 bridgehead atoms. The van der Waals surface area contributed by atoms with Gasteiger partial charge in [0.25, 0.3) is 5.91 Å². The van der Waals surface area contributed by atoms with Crippen LogP contribution in [0.5, 0.6) is 0 Å². The van der Waals surface area contributed by atoms with E-state index in [2.05, 4.69) is 15.3 Å². The number of nitrogens with one attached hydrogen (secondary N) is 1. The Balaban J connectivity index is 2.11. The number of aromatic nitrogens is 3. The van der Waals surface area contributed by atoms with Gasteiger partial charge in [0.2, 0.25) is 0 Å². The topological polar surface area (TPSA) is 85.8 Å². The lowest BCUT2D eigenvalue weighted by Crippen LogP contribution is -2.14. The number of nitrogens with zero attached hydrogens (tertiary/aromatic N) is 3. The zero-order chi connectivity index (χ0) is 13.8. The fraction of sp³-hybridized carbons (Fsp3) is 0.308. The largest absolute Gasteiger partial charge is 0.335 e. The quantitative estimate of drug-likeness (QED) is 0.861. The summed E-state index contributed by atoms with van der Waals surface area (Å²) in [5, 5.41) is 2.74. The number of hydrogen-bond acceptors (Lipinski definition) is 4. The van der Waals surface area contributed by atoms with Gasteiger partial charge in [0.05, 0.1) is 6.33 Å². The highest BCUT2D eigenvalue weighted by atomic mass is 16.2. The SMILES string of the molecule is Cc1cc(C)nc(NC(=O)c2cn(CCN)cn2)c1. The molecule has 2 rings (SSSR count). The standard InChI is InChI=1S/C13H17N5O/c1-9-5-10(2)16-12(6-9)17-13(19)11-7-18(4-3-14)8-15-11/h5-8H,3-4,14H2,1-2H3,(H,16,17,19). The minimum Gasteiger partial charge on any atom is -0.335 e. The molecule has 0 radical (unpaired) electrons. The molecule has 3 N–H and O–H groups in total. The van der Waals surface area contributed by atoms with E-state index >= 15 is 0 Å². The number of nitrogens with two attached hydrogens (primary N) is 1. The number of carbonyl (C=O) groups excluding carboxylic acids is 1. The number of hydrogen-bond donors (Lipinski definition) is 2. The molecule has 0 fully saturated rings. The number of imidazole rings is 1. The van der Waals surface area contributed by atoms with Crippen LogP contribution in [0.1, 0.15) is 21.7 Å². The van der Waals surface area contributed by atoms with Crippen LogP contribution in [0.2, 0.25) is 0 Å². The second-order valence-corrected chi connectivity index (χ2v) is 4.41. The number of aryl methyl sites for hydroxylation is 2. The zero-order valence-electron chi connectivity index (χ0n) is 11.1. The van der Waals surface area contributed by atoms with Gasteiger partial charge in [-0.3, -0.25) is 4.79 Å². The highest BCUT2D eigenvalue weighted by molar-refractivity contribution is 6.02. The lowest BCUT2D eigenvalue weighted by Gasteiger charge is -2.04. The van der Waals surface area contributed by atoms with E-state index in [4.69, 9.17) is 5.73 Å². The molecule has 0 atom stereocenters. The van der Waals surface area contributed by atoms with Crippen LogP contribution in [-0.4, -0.2) is 27.0 Å². The molecular weight excluding hydrogens is 242 g/mol. The summed E-state index contributed by atoms with van der Waals surface area (Å²) in [4.78, 5) is 20.3. The molecule has 0 aromatic carbocycles. The fourth-order valence-corrected chi connectivity index (χ4v) is 1.83. The monoisotopic (exact) mass is 259 g/mol. The van der Waals surface area contributed by atoms with Gasteiger partial charge in [-0.15, -0.1) is 0 Å². The average Bonchev–Trinajstić information content (AvgIpc) is 2.76. The molecule has 0 spiro atoms. The lowest BCUT2D eigenvalue weighted by atomic mass is 10.2. The minimum absolute atomic E-state index is 0.270. The molecule has 2 aromatic rings. The molecule has 1 amide bonds. The van der Waals surface area contributed by atoms with E-state index in [1.165, 1.54) is 0 Å². The van der Waals surface area contributed by atoms with Crippen molar-refractivity contribution >= 4 is 11.7 Å². The Morgan fingerprint density at radius 1 is 1.42 bits per heavy atom. The van der Waals surface area contributed by atoms with Gasteiger partial charge in [0.1, 0.15) is 11.5 Å². The summed E-state index contributed by atoms with van der Waals surface area (Å²) in [5.41, 5.74) is 7.72. The molecule has 0 aliphatic rings. The highest BCUT2D eigenvalue weighted by Crippen LogP contribution is 2.10. The van der Waals surface area contributed by atoms with Crippen molar-refractivity contribution in [2.45, 2.75) is 20.4 Å². The van der Waals surface area contributed by atoms with Crippen LogP contribution in [0, 0.1) is 13.8 Å². The van der Waals surface area contributed by atoms with E-state index in [0.29, 0.717) is 24.6 Å². The molecule has 0 saturated heterocycles. The number of pyridine rings is 1. The van der Waals surface area contributed by atoms with Gasteiger partial charge in [0, 0.05) is 25.0 Å². The minimum atomic E-state index is -0.270. The third kappa shape index (κ3) is 3.38. The van der Waals surface area contributed by atoms with Crippen LogP contribution < -0.4 is 11.1 Å². The van der Waals surface area contributed by atoms with E-state index in [-0.39, 0.29) is 5.91 Å². The molecule has 2 aromatic heterocycles. The van der Waals surface area contributed by atoms with Crippen molar-refractivity contribution in [3.05, 3.63) is 41.6 Å². The van der Waals surface area contributed by atoms with Gasteiger partial charge in [-0.1, -0.05) is 0 Å². The van der Waals surface area contributed by atoms with Gasteiger partial charge in [-0.2, -0.15) is 0 Å². The second kappa shape index (κ2) is 5.62. The molecule has 6 nitrogen and oxygen atoms in total. The van der Waals surface area contributed by atoms with Gasteiger partial charge in [0.15, 0.2) is 0 Å². The van der Waals surface area contributed by atoms with Gasteiger partial charge >= 0.3 is 0 Å². The Hall–Kier alpha value is -2.21. The van der Waals surface area contributed by atoms with Crippen LogP contribution in [0.3, 0.4) is 0 Å². The molecule has 100 valence electrons. The van der Waals surface area contributed by atoms with E-state index in [1.807, 2.05) is 26.0 Å². The second-order valence-electron chi connectivity index (χ2n) is 4.41. The number of anilines is 1. The Morgan fingerprint density at radius 2 is 2.21 bits per heavy atom. The number of amides is 1. The summed E-state index contributed by atoms with van der Waals surface area (Å²) >= 11 is 0.